The topological polar surface area (TPSA) is 146 Å². The van der Waals surface area contributed by atoms with Crippen molar-refractivity contribution in [3.8, 4) is 5.75 Å². The highest BCUT2D eigenvalue weighted by Gasteiger charge is 2.40. The number of carbonyl (C=O) groups is 1. The molecule has 2 aliphatic heterocycles. The number of quaternary nitrogens is 1. The van der Waals surface area contributed by atoms with Crippen LogP contribution in [0, 0.1) is 0 Å². The molecule has 17 heteroatoms. The monoisotopic (exact) mass is 620 g/mol. The number of rotatable bonds is 7. The normalized spacial score (nSPS) is 17.1. The maximum absolute atomic E-state index is 13.4. The zero-order valence-corrected chi connectivity index (χ0v) is 23.8. The largest absolute Gasteiger partial charge is 0.451 e. The van der Waals surface area contributed by atoms with Gasteiger partial charge in [-0.15, -0.1) is 21.5 Å². The third kappa shape index (κ3) is 6.06. The molecule has 0 aliphatic carbocycles. The fraction of sp³-hybridized carbons (Fsp3) is 0.423. The molecule has 3 aromatic heterocycles. The summed E-state index contributed by atoms with van der Waals surface area (Å²) in [5.74, 6) is 0.581. The van der Waals surface area contributed by atoms with Gasteiger partial charge in [0.1, 0.15) is 16.4 Å². The second kappa shape index (κ2) is 11.6. The Balaban J connectivity index is 1.20. The van der Waals surface area contributed by atoms with Gasteiger partial charge in [0.05, 0.1) is 18.0 Å². The van der Waals surface area contributed by atoms with Gasteiger partial charge in [0.25, 0.3) is 0 Å². The zero-order valence-electron chi connectivity index (χ0n) is 23.0. The molecule has 1 fully saturated rings. The van der Waals surface area contributed by atoms with Crippen molar-refractivity contribution in [1.29, 1.82) is 0 Å². The number of anilines is 2. The highest BCUT2D eigenvalue weighted by Crippen LogP contribution is 2.36. The van der Waals surface area contributed by atoms with Crippen LogP contribution in [0.15, 0.2) is 30.3 Å². The summed E-state index contributed by atoms with van der Waals surface area (Å²) in [5.41, 5.74) is 0.195. The van der Waals surface area contributed by atoms with Gasteiger partial charge in [-0.1, -0.05) is 13.3 Å². The average molecular weight is 621 g/mol. The lowest BCUT2D eigenvalue weighted by molar-refractivity contribution is -1.19. The number of benzene rings is 1. The molecule has 0 saturated carbocycles. The van der Waals surface area contributed by atoms with Crippen LogP contribution in [0.5, 0.6) is 5.75 Å². The van der Waals surface area contributed by atoms with Gasteiger partial charge < -0.3 is 24.4 Å². The van der Waals surface area contributed by atoms with Gasteiger partial charge in [-0.3, -0.25) is 0 Å². The molecule has 2 aliphatic rings. The van der Waals surface area contributed by atoms with E-state index in [2.05, 4.69) is 28.5 Å². The number of alkyl halides is 3. The summed E-state index contributed by atoms with van der Waals surface area (Å²) in [4.78, 5) is 28.1. The standard InChI is InChI=1S/C26H28F3N9O4S/c1-2-3-18-12-19-21(35-10-11-37-20(14-35)33-34-23(37)26(27,28)29)31-24(32-22(19)43-18)36-9-8-15(13-36)30-25(39)42-17-6-4-16(5-7-17)38(40)41/h4-7,12,15,40-41H,2-3,8-11,13-14H2,1H3,(H,30,39)/p+1. The van der Waals surface area contributed by atoms with Crippen LogP contribution in [0.3, 0.4) is 0 Å². The Morgan fingerprint density at radius 2 is 1.93 bits per heavy atom. The first-order valence-corrected chi connectivity index (χ1v) is 14.5. The molecule has 228 valence electrons. The number of thiophene rings is 1. The van der Waals surface area contributed by atoms with Gasteiger partial charge >= 0.3 is 12.3 Å². The number of fused-ring (bicyclic) bond motifs is 2. The number of ether oxygens (including phenoxy) is 1. The average Bonchev–Trinajstić information content (AvgIpc) is 3.70. The van der Waals surface area contributed by atoms with Gasteiger partial charge in [-0.25, -0.2) is 9.78 Å². The summed E-state index contributed by atoms with van der Waals surface area (Å²) in [7, 11) is 0. The molecule has 1 aromatic carbocycles. The third-order valence-corrected chi connectivity index (χ3v) is 8.42. The van der Waals surface area contributed by atoms with Crippen molar-refractivity contribution in [2.45, 2.75) is 51.5 Å². The van der Waals surface area contributed by atoms with E-state index in [-0.39, 0.29) is 36.4 Å². The lowest BCUT2D eigenvalue weighted by Gasteiger charge is -2.30. The van der Waals surface area contributed by atoms with Crippen LogP contribution in [0.25, 0.3) is 10.2 Å². The predicted molar refractivity (Wildman–Crippen MR) is 148 cm³/mol. The number of nitrogens with one attached hydrogen (secondary N) is 2. The smallest absolute Gasteiger partial charge is 0.410 e. The molecule has 1 unspecified atom stereocenters. The summed E-state index contributed by atoms with van der Waals surface area (Å²) < 4.78 is 46.6. The minimum absolute atomic E-state index is 0.0733. The molecule has 1 saturated heterocycles. The van der Waals surface area contributed by atoms with Gasteiger partial charge in [0.2, 0.25) is 11.8 Å². The molecular formula is C26H29F3N9O4S+. The number of nitrogens with zero attached hydrogens (tertiary/aromatic N) is 7. The lowest BCUT2D eigenvalue weighted by Crippen LogP contribution is -3.01. The van der Waals surface area contributed by atoms with Gasteiger partial charge in [-0.2, -0.15) is 28.6 Å². The number of amides is 1. The summed E-state index contributed by atoms with van der Waals surface area (Å²) in [5, 5.41) is 28.4. The van der Waals surface area contributed by atoms with Crippen molar-refractivity contribution < 1.29 is 38.3 Å². The summed E-state index contributed by atoms with van der Waals surface area (Å²) >= 11 is 1.57. The Hall–Kier alpha value is -4.06. The molecule has 13 nitrogen and oxygen atoms in total. The second-order valence-electron chi connectivity index (χ2n) is 10.4. The first-order chi connectivity index (χ1) is 20.6. The Kier molecular flexibility index (Phi) is 7.80. The first-order valence-electron chi connectivity index (χ1n) is 13.7. The van der Waals surface area contributed by atoms with E-state index in [1.807, 2.05) is 9.80 Å². The SMILES string of the molecule is CCCc1cc2c(N3CCn4c(nnc4C(F)(F)F)C3)nc(N3CCC(NC(=O)Oc4ccc([NH+](O)O)cc4)C3)nc2s1. The van der Waals surface area contributed by atoms with E-state index < -0.39 is 23.3 Å². The Morgan fingerprint density at radius 1 is 1.14 bits per heavy atom. The number of halogens is 3. The molecule has 0 bridgehead atoms. The van der Waals surface area contributed by atoms with Crippen LogP contribution in [-0.2, 0) is 25.7 Å². The van der Waals surface area contributed by atoms with E-state index in [0.29, 0.717) is 37.8 Å². The number of aromatic nitrogens is 5. The number of hydrogen-bond donors (Lipinski definition) is 4. The van der Waals surface area contributed by atoms with Gasteiger partial charge in [-0.05, 0) is 36.3 Å². The molecule has 0 radical (unpaired) electrons. The minimum Gasteiger partial charge on any atom is -0.410 e. The van der Waals surface area contributed by atoms with Gasteiger partial charge in [0.15, 0.2) is 11.5 Å². The van der Waals surface area contributed by atoms with Crippen molar-refractivity contribution >= 4 is 45.1 Å². The van der Waals surface area contributed by atoms with Crippen molar-refractivity contribution in [2.24, 2.45) is 0 Å². The van der Waals surface area contributed by atoms with Crippen LogP contribution in [-0.4, -0.2) is 66.9 Å². The van der Waals surface area contributed by atoms with Crippen LogP contribution < -0.4 is 25.1 Å². The van der Waals surface area contributed by atoms with Gasteiger partial charge in [0, 0.05) is 43.2 Å². The first kappa shape index (κ1) is 29.0. The summed E-state index contributed by atoms with van der Waals surface area (Å²) in [6, 6.07) is 7.55. The quantitative estimate of drug-likeness (QED) is 0.228. The van der Waals surface area contributed by atoms with E-state index in [0.717, 1.165) is 32.5 Å². The fourth-order valence-corrected chi connectivity index (χ4v) is 6.40. The molecule has 4 aromatic rings. The minimum atomic E-state index is -4.58. The highest BCUT2D eigenvalue weighted by molar-refractivity contribution is 7.18. The van der Waals surface area contributed by atoms with Crippen molar-refractivity contribution in [1.82, 2.24) is 30.0 Å². The summed E-state index contributed by atoms with van der Waals surface area (Å²) in [6.07, 6.45) is -2.77. The Bertz CT molecular complexity index is 1630. The fourth-order valence-electron chi connectivity index (χ4n) is 5.28. The molecule has 1 amide bonds. The van der Waals surface area contributed by atoms with Crippen molar-refractivity contribution in [3.63, 3.8) is 0 Å². The summed E-state index contributed by atoms with van der Waals surface area (Å²) in [6.45, 7) is 3.60. The van der Waals surface area contributed by atoms with E-state index >= 15 is 0 Å². The lowest BCUT2D eigenvalue weighted by atomic mass is 10.2. The molecule has 43 heavy (non-hydrogen) atoms. The number of hydrogen-bond acceptors (Lipinski definition) is 11. The molecule has 5 heterocycles. The Morgan fingerprint density at radius 3 is 2.65 bits per heavy atom. The van der Waals surface area contributed by atoms with Crippen molar-refractivity contribution in [2.75, 3.05) is 29.4 Å². The van der Waals surface area contributed by atoms with Crippen LogP contribution in [0.1, 0.15) is 36.3 Å². The van der Waals surface area contributed by atoms with E-state index in [9.17, 15) is 18.0 Å². The van der Waals surface area contributed by atoms with E-state index in [4.69, 9.17) is 25.1 Å². The maximum atomic E-state index is 13.4. The molecule has 1 atom stereocenters. The molecule has 0 spiro atoms. The third-order valence-electron chi connectivity index (χ3n) is 7.33. The van der Waals surface area contributed by atoms with Crippen LogP contribution in [0.2, 0.25) is 0 Å². The highest BCUT2D eigenvalue weighted by atomic mass is 32.1. The molecular weight excluding hydrogens is 591 g/mol. The second-order valence-corrected chi connectivity index (χ2v) is 11.5. The predicted octanol–water partition coefficient (Wildman–Crippen LogP) is 2.94. The Labute approximate surface area is 247 Å². The van der Waals surface area contributed by atoms with E-state index in [1.54, 1.807) is 11.3 Å². The van der Waals surface area contributed by atoms with Crippen LogP contribution >= 0.6 is 11.3 Å². The van der Waals surface area contributed by atoms with Crippen molar-refractivity contribution in [3.05, 3.63) is 46.9 Å². The number of carbonyl (C=O) groups excluding carboxylic acids is 1. The zero-order chi connectivity index (χ0) is 30.3. The maximum Gasteiger partial charge on any atom is 0.451 e. The molecule has 4 N–H and O–H groups in total. The number of aryl methyl sites for hydroxylation is 1. The molecule has 6 rings (SSSR count). The van der Waals surface area contributed by atoms with E-state index in [1.165, 1.54) is 24.3 Å². The van der Waals surface area contributed by atoms with Crippen LogP contribution in [0.4, 0.5) is 35.4 Å².